The third-order valence-corrected chi connectivity index (χ3v) is 2.33. The fourth-order valence-electron chi connectivity index (χ4n) is 1.57. The Morgan fingerprint density at radius 3 is 2.64 bits per heavy atom. The standard InChI is InChI=1S/C11H12FNO/c1-11(2,14)8-3-4-9-7(10(8)12)5-6-13-9/h3-6,13-14H,1-2H3. The molecule has 3 heteroatoms. The minimum Gasteiger partial charge on any atom is -0.386 e. The van der Waals surface area contributed by atoms with Crippen molar-refractivity contribution in [1.82, 2.24) is 4.98 Å². The Morgan fingerprint density at radius 2 is 2.00 bits per heavy atom. The molecule has 0 unspecified atom stereocenters. The van der Waals surface area contributed by atoms with Crippen LogP contribution in [0.25, 0.3) is 10.9 Å². The van der Waals surface area contributed by atoms with E-state index < -0.39 is 5.60 Å². The second kappa shape index (κ2) is 2.82. The van der Waals surface area contributed by atoms with Crippen molar-refractivity contribution >= 4 is 10.9 Å². The first-order chi connectivity index (χ1) is 6.50. The highest BCUT2D eigenvalue weighted by atomic mass is 19.1. The largest absolute Gasteiger partial charge is 0.386 e. The van der Waals surface area contributed by atoms with Crippen LogP contribution in [0.5, 0.6) is 0 Å². The van der Waals surface area contributed by atoms with Gasteiger partial charge in [-0.15, -0.1) is 0 Å². The highest BCUT2D eigenvalue weighted by molar-refractivity contribution is 5.81. The minimum atomic E-state index is -1.14. The fourth-order valence-corrected chi connectivity index (χ4v) is 1.57. The summed E-state index contributed by atoms with van der Waals surface area (Å²) in [6.07, 6.45) is 1.68. The highest BCUT2D eigenvalue weighted by Gasteiger charge is 2.21. The average Bonchev–Trinajstić information content (AvgIpc) is 2.50. The van der Waals surface area contributed by atoms with Crippen LogP contribution in [0.2, 0.25) is 0 Å². The number of nitrogens with one attached hydrogen (secondary N) is 1. The molecule has 0 atom stereocenters. The van der Waals surface area contributed by atoms with Gasteiger partial charge in [0.25, 0.3) is 0 Å². The summed E-state index contributed by atoms with van der Waals surface area (Å²) in [6, 6.07) is 5.04. The Labute approximate surface area is 81.4 Å². The highest BCUT2D eigenvalue weighted by Crippen LogP contribution is 2.27. The second-order valence-corrected chi connectivity index (χ2v) is 3.93. The molecule has 0 amide bonds. The maximum absolute atomic E-state index is 13.8. The lowest BCUT2D eigenvalue weighted by Crippen LogP contribution is -2.17. The number of H-pyrrole nitrogens is 1. The lowest BCUT2D eigenvalue weighted by Gasteiger charge is -2.18. The Balaban J connectivity index is 2.74. The number of benzene rings is 1. The Kier molecular flexibility index (Phi) is 1.86. The predicted molar refractivity (Wildman–Crippen MR) is 53.5 cm³/mol. The van der Waals surface area contributed by atoms with Gasteiger partial charge in [0.15, 0.2) is 0 Å². The fraction of sp³-hybridized carbons (Fsp3) is 0.273. The van der Waals surface area contributed by atoms with E-state index in [-0.39, 0.29) is 5.82 Å². The maximum Gasteiger partial charge on any atom is 0.138 e. The maximum atomic E-state index is 13.8. The van der Waals surface area contributed by atoms with E-state index in [2.05, 4.69) is 4.98 Å². The van der Waals surface area contributed by atoms with Crippen LogP contribution in [0.4, 0.5) is 4.39 Å². The molecule has 2 rings (SSSR count). The van der Waals surface area contributed by atoms with Crippen LogP contribution in [-0.2, 0) is 5.60 Å². The smallest absolute Gasteiger partial charge is 0.138 e. The molecule has 74 valence electrons. The summed E-state index contributed by atoms with van der Waals surface area (Å²) in [6.45, 7) is 3.15. The van der Waals surface area contributed by atoms with E-state index >= 15 is 0 Å². The van der Waals surface area contributed by atoms with Crippen LogP contribution < -0.4 is 0 Å². The molecule has 14 heavy (non-hydrogen) atoms. The second-order valence-electron chi connectivity index (χ2n) is 3.93. The van der Waals surface area contributed by atoms with Gasteiger partial charge in [0, 0.05) is 22.7 Å². The lowest BCUT2D eigenvalue weighted by atomic mass is 9.96. The molecule has 1 heterocycles. The number of aliphatic hydroxyl groups is 1. The van der Waals surface area contributed by atoms with Crippen LogP contribution in [0, 0.1) is 5.82 Å². The normalized spacial score (nSPS) is 12.3. The first-order valence-electron chi connectivity index (χ1n) is 4.48. The summed E-state index contributed by atoms with van der Waals surface area (Å²) in [5, 5.41) is 10.2. The van der Waals surface area contributed by atoms with Crippen molar-refractivity contribution in [3.63, 3.8) is 0 Å². The predicted octanol–water partition coefficient (Wildman–Crippen LogP) is 2.53. The minimum absolute atomic E-state index is 0.324. The van der Waals surface area contributed by atoms with Gasteiger partial charge in [0.1, 0.15) is 5.82 Å². The van der Waals surface area contributed by atoms with Crippen LogP contribution in [0.3, 0.4) is 0 Å². The molecular weight excluding hydrogens is 181 g/mol. The summed E-state index contributed by atoms with van der Waals surface area (Å²) in [5.74, 6) is -0.351. The van der Waals surface area contributed by atoms with E-state index in [1.807, 2.05) is 0 Å². The molecular formula is C11H12FNO. The van der Waals surface area contributed by atoms with Crippen molar-refractivity contribution in [2.24, 2.45) is 0 Å². The van der Waals surface area contributed by atoms with Crippen molar-refractivity contribution in [3.8, 4) is 0 Å². The van der Waals surface area contributed by atoms with Crippen LogP contribution in [0.1, 0.15) is 19.4 Å². The Hall–Kier alpha value is -1.35. The van der Waals surface area contributed by atoms with Crippen molar-refractivity contribution in [3.05, 3.63) is 35.8 Å². The molecule has 0 radical (unpaired) electrons. The zero-order chi connectivity index (χ0) is 10.3. The number of aromatic amines is 1. The first-order valence-corrected chi connectivity index (χ1v) is 4.48. The Bertz CT molecular complexity index is 468. The zero-order valence-electron chi connectivity index (χ0n) is 8.13. The number of halogens is 1. The lowest BCUT2D eigenvalue weighted by molar-refractivity contribution is 0.0749. The molecule has 2 nitrogen and oxygen atoms in total. The summed E-state index contributed by atoms with van der Waals surface area (Å²) in [5.41, 5.74) is -0.0738. The van der Waals surface area contributed by atoms with Crippen LogP contribution >= 0.6 is 0 Å². The number of rotatable bonds is 1. The van der Waals surface area contributed by atoms with Gasteiger partial charge >= 0.3 is 0 Å². The van der Waals surface area contributed by atoms with Gasteiger partial charge in [-0.3, -0.25) is 0 Å². The van der Waals surface area contributed by atoms with Crippen molar-refractivity contribution in [2.45, 2.75) is 19.4 Å². The van der Waals surface area contributed by atoms with Crippen molar-refractivity contribution in [1.29, 1.82) is 0 Å². The number of fused-ring (bicyclic) bond motifs is 1. The van der Waals surface area contributed by atoms with Gasteiger partial charge in [0.05, 0.1) is 5.60 Å². The average molecular weight is 193 g/mol. The van der Waals surface area contributed by atoms with Crippen LogP contribution in [0.15, 0.2) is 24.4 Å². The van der Waals surface area contributed by atoms with Gasteiger partial charge in [0.2, 0.25) is 0 Å². The Morgan fingerprint density at radius 1 is 1.29 bits per heavy atom. The number of aromatic nitrogens is 1. The zero-order valence-corrected chi connectivity index (χ0v) is 8.13. The molecule has 0 saturated heterocycles. The molecule has 1 aromatic heterocycles. The van der Waals surface area contributed by atoms with E-state index in [0.717, 1.165) is 5.52 Å². The van der Waals surface area contributed by atoms with Gasteiger partial charge in [-0.05, 0) is 26.0 Å². The van der Waals surface area contributed by atoms with E-state index in [1.54, 1.807) is 38.2 Å². The molecule has 0 saturated carbocycles. The number of hydrogen-bond acceptors (Lipinski definition) is 1. The monoisotopic (exact) mass is 193 g/mol. The molecule has 1 aromatic carbocycles. The molecule has 0 aliphatic rings. The van der Waals surface area contributed by atoms with Crippen molar-refractivity contribution < 1.29 is 9.50 Å². The van der Waals surface area contributed by atoms with Gasteiger partial charge in [-0.2, -0.15) is 0 Å². The summed E-state index contributed by atoms with van der Waals surface area (Å²) < 4.78 is 13.8. The summed E-state index contributed by atoms with van der Waals surface area (Å²) in [7, 11) is 0. The summed E-state index contributed by atoms with van der Waals surface area (Å²) in [4.78, 5) is 2.92. The van der Waals surface area contributed by atoms with Gasteiger partial charge < -0.3 is 10.1 Å². The molecule has 0 bridgehead atoms. The molecule has 0 aliphatic carbocycles. The molecule has 0 aliphatic heterocycles. The third kappa shape index (κ3) is 1.30. The van der Waals surface area contributed by atoms with E-state index in [0.29, 0.717) is 10.9 Å². The van der Waals surface area contributed by atoms with Crippen LogP contribution in [-0.4, -0.2) is 10.1 Å². The quantitative estimate of drug-likeness (QED) is 0.717. The number of hydrogen-bond donors (Lipinski definition) is 2. The summed E-state index contributed by atoms with van der Waals surface area (Å²) >= 11 is 0. The van der Waals surface area contributed by atoms with Gasteiger partial charge in [-0.1, -0.05) is 6.07 Å². The SMILES string of the molecule is CC(C)(O)c1ccc2[nH]ccc2c1F. The van der Waals surface area contributed by atoms with E-state index in [9.17, 15) is 9.50 Å². The molecule has 0 fully saturated rings. The first kappa shape index (κ1) is 9.21. The molecule has 2 aromatic rings. The van der Waals surface area contributed by atoms with Gasteiger partial charge in [-0.25, -0.2) is 4.39 Å². The molecule has 2 N–H and O–H groups in total. The topological polar surface area (TPSA) is 36.0 Å². The third-order valence-electron chi connectivity index (χ3n) is 2.33. The van der Waals surface area contributed by atoms with E-state index in [1.165, 1.54) is 0 Å². The van der Waals surface area contributed by atoms with Crippen molar-refractivity contribution in [2.75, 3.05) is 0 Å². The van der Waals surface area contributed by atoms with E-state index in [4.69, 9.17) is 0 Å². The molecule has 0 spiro atoms.